The van der Waals surface area contributed by atoms with E-state index in [0.717, 1.165) is 46.1 Å². The first-order chi connectivity index (χ1) is 13.1. The molecule has 0 fully saturated rings. The molecular weight excluding hydrogens is 428 g/mol. The van der Waals surface area contributed by atoms with E-state index < -0.39 is 0 Å². The van der Waals surface area contributed by atoms with Crippen molar-refractivity contribution in [3.8, 4) is 0 Å². The first kappa shape index (κ1) is 18.1. The van der Waals surface area contributed by atoms with Gasteiger partial charge < -0.3 is 0 Å². The average Bonchev–Trinajstić information content (AvgIpc) is 3.03. The van der Waals surface area contributed by atoms with Crippen molar-refractivity contribution >= 4 is 49.6 Å². The Kier molecular flexibility index (Phi) is 5.18. The van der Waals surface area contributed by atoms with Crippen LogP contribution in [0.25, 0.3) is 10.2 Å². The van der Waals surface area contributed by atoms with Crippen LogP contribution in [-0.4, -0.2) is 21.7 Å². The molecule has 3 aromatic rings. The van der Waals surface area contributed by atoms with Crippen molar-refractivity contribution in [2.24, 2.45) is 5.10 Å². The first-order valence-corrected chi connectivity index (χ1v) is 10.3. The van der Waals surface area contributed by atoms with Crippen molar-refractivity contribution in [3.05, 3.63) is 61.4 Å². The molecule has 1 aliphatic carbocycles. The SMILES string of the molecule is O=C(Cn1cnc2sc3c(c2c1=O)CCCC3)NN=Cc1cccc(Br)c1. The van der Waals surface area contributed by atoms with Crippen LogP contribution in [0.15, 0.2) is 45.0 Å². The highest BCUT2D eigenvalue weighted by molar-refractivity contribution is 9.10. The molecule has 1 amide bonds. The molecule has 1 N–H and O–H groups in total. The zero-order valence-electron chi connectivity index (χ0n) is 14.4. The maximum atomic E-state index is 12.8. The lowest BCUT2D eigenvalue weighted by atomic mass is 9.97. The highest BCUT2D eigenvalue weighted by atomic mass is 79.9. The summed E-state index contributed by atoms with van der Waals surface area (Å²) < 4.78 is 2.29. The quantitative estimate of drug-likeness (QED) is 0.495. The van der Waals surface area contributed by atoms with Crippen molar-refractivity contribution in [3.63, 3.8) is 0 Å². The lowest BCUT2D eigenvalue weighted by molar-refractivity contribution is -0.121. The van der Waals surface area contributed by atoms with Gasteiger partial charge in [0.25, 0.3) is 11.5 Å². The number of benzene rings is 1. The van der Waals surface area contributed by atoms with Crippen LogP contribution in [0.3, 0.4) is 0 Å². The van der Waals surface area contributed by atoms with Crippen LogP contribution in [-0.2, 0) is 24.2 Å². The molecule has 0 bridgehead atoms. The van der Waals surface area contributed by atoms with Gasteiger partial charge in [0.2, 0.25) is 0 Å². The number of hydrogen-bond donors (Lipinski definition) is 1. The molecule has 1 aliphatic rings. The first-order valence-electron chi connectivity index (χ1n) is 8.69. The fraction of sp³-hybridized carbons (Fsp3) is 0.263. The van der Waals surface area contributed by atoms with E-state index in [1.165, 1.54) is 15.8 Å². The molecule has 0 saturated heterocycles. The van der Waals surface area contributed by atoms with Gasteiger partial charge in [-0.3, -0.25) is 14.2 Å². The van der Waals surface area contributed by atoms with Gasteiger partial charge in [-0.05, 0) is 48.9 Å². The molecule has 0 radical (unpaired) electrons. The van der Waals surface area contributed by atoms with Gasteiger partial charge in [-0.15, -0.1) is 11.3 Å². The second kappa shape index (κ2) is 7.74. The van der Waals surface area contributed by atoms with Crippen LogP contribution in [0.4, 0.5) is 0 Å². The predicted molar refractivity (Wildman–Crippen MR) is 110 cm³/mol. The summed E-state index contributed by atoms with van der Waals surface area (Å²) in [5, 5.41) is 4.63. The number of hydrazone groups is 1. The molecule has 2 heterocycles. The van der Waals surface area contributed by atoms with Crippen molar-refractivity contribution in [2.45, 2.75) is 32.2 Å². The van der Waals surface area contributed by atoms with E-state index in [9.17, 15) is 9.59 Å². The lowest BCUT2D eigenvalue weighted by Gasteiger charge is -2.10. The molecule has 0 saturated carbocycles. The molecule has 0 atom stereocenters. The number of nitrogens with one attached hydrogen (secondary N) is 1. The Bertz CT molecular complexity index is 1100. The van der Waals surface area contributed by atoms with Gasteiger partial charge in [0.15, 0.2) is 0 Å². The number of aromatic nitrogens is 2. The van der Waals surface area contributed by atoms with Crippen LogP contribution in [0, 0.1) is 0 Å². The fourth-order valence-corrected chi connectivity index (χ4v) is 4.89. The third-order valence-electron chi connectivity index (χ3n) is 4.51. The number of hydrogen-bond acceptors (Lipinski definition) is 5. The third-order valence-corrected chi connectivity index (χ3v) is 6.20. The molecular formula is C19H17BrN4O2S. The van der Waals surface area contributed by atoms with Crippen molar-refractivity contribution in [1.29, 1.82) is 0 Å². The summed E-state index contributed by atoms with van der Waals surface area (Å²) in [6, 6.07) is 7.56. The Hall–Kier alpha value is -2.32. The Morgan fingerprint density at radius 2 is 2.22 bits per heavy atom. The van der Waals surface area contributed by atoms with Gasteiger partial charge in [0.1, 0.15) is 11.4 Å². The minimum absolute atomic E-state index is 0.109. The van der Waals surface area contributed by atoms with Gasteiger partial charge in [0, 0.05) is 9.35 Å². The molecule has 2 aromatic heterocycles. The van der Waals surface area contributed by atoms with Crippen LogP contribution in [0.5, 0.6) is 0 Å². The van der Waals surface area contributed by atoms with Crippen LogP contribution < -0.4 is 11.0 Å². The van der Waals surface area contributed by atoms with E-state index in [4.69, 9.17) is 0 Å². The number of rotatable bonds is 4. The van der Waals surface area contributed by atoms with Crippen LogP contribution >= 0.6 is 27.3 Å². The second-order valence-electron chi connectivity index (χ2n) is 6.42. The Morgan fingerprint density at radius 3 is 3.07 bits per heavy atom. The van der Waals surface area contributed by atoms with Crippen molar-refractivity contribution in [2.75, 3.05) is 0 Å². The highest BCUT2D eigenvalue weighted by Gasteiger charge is 2.20. The molecule has 0 aliphatic heterocycles. The number of carbonyl (C=O) groups excluding carboxylic acids is 1. The Morgan fingerprint density at radius 1 is 1.37 bits per heavy atom. The van der Waals surface area contributed by atoms with E-state index in [2.05, 4.69) is 31.4 Å². The molecule has 0 spiro atoms. The van der Waals surface area contributed by atoms with Gasteiger partial charge in [-0.2, -0.15) is 5.10 Å². The van der Waals surface area contributed by atoms with Crippen molar-refractivity contribution < 1.29 is 4.79 Å². The number of fused-ring (bicyclic) bond motifs is 3. The molecule has 8 heteroatoms. The molecule has 4 rings (SSSR count). The molecule has 138 valence electrons. The average molecular weight is 445 g/mol. The summed E-state index contributed by atoms with van der Waals surface area (Å²) in [5.41, 5.74) is 4.30. The normalized spacial score (nSPS) is 13.8. The van der Waals surface area contributed by atoms with Crippen molar-refractivity contribution in [1.82, 2.24) is 15.0 Å². The van der Waals surface area contributed by atoms with Gasteiger partial charge >= 0.3 is 0 Å². The standard InChI is InChI=1S/C19H17BrN4O2S/c20-13-5-3-4-12(8-13)9-22-23-16(25)10-24-11-21-18-17(19(24)26)14-6-1-2-7-15(14)27-18/h3-5,8-9,11H,1-2,6-7,10H2,(H,23,25). The maximum absolute atomic E-state index is 12.8. The van der Waals surface area contributed by atoms with Crippen LogP contribution in [0.1, 0.15) is 28.8 Å². The van der Waals surface area contributed by atoms with E-state index >= 15 is 0 Å². The number of aryl methyl sites for hydroxylation is 2. The highest BCUT2D eigenvalue weighted by Crippen LogP contribution is 2.33. The number of amides is 1. The minimum atomic E-state index is -0.367. The van der Waals surface area contributed by atoms with Gasteiger partial charge in [-0.25, -0.2) is 10.4 Å². The van der Waals surface area contributed by atoms with Gasteiger partial charge in [-0.1, -0.05) is 28.1 Å². The molecule has 0 unspecified atom stereocenters. The second-order valence-corrected chi connectivity index (χ2v) is 8.42. The summed E-state index contributed by atoms with van der Waals surface area (Å²) in [5.74, 6) is -0.367. The van der Waals surface area contributed by atoms with E-state index in [0.29, 0.717) is 5.39 Å². The largest absolute Gasteiger partial charge is 0.289 e. The zero-order chi connectivity index (χ0) is 18.8. The summed E-state index contributed by atoms with van der Waals surface area (Å²) in [6.45, 7) is -0.109. The Labute approximate surface area is 168 Å². The fourth-order valence-electron chi connectivity index (χ4n) is 3.25. The number of carbonyl (C=O) groups is 1. The van der Waals surface area contributed by atoms with Gasteiger partial charge in [0.05, 0.1) is 17.9 Å². The molecule has 1 aromatic carbocycles. The molecule has 6 nitrogen and oxygen atoms in total. The van der Waals surface area contributed by atoms with E-state index in [-0.39, 0.29) is 18.0 Å². The van der Waals surface area contributed by atoms with Crippen LogP contribution in [0.2, 0.25) is 0 Å². The monoisotopic (exact) mass is 444 g/mol. The molecule has 27 heavy (non-hydrogen) atoms. The predicted octanol–water partition coefficient (Wildman–Crippen LogP) is 3.25. The Balaban J connectivity index is 1.50. The summed E-state index contributed by atoms with van der Waals surface area (Å²) in [7, 11) is 0. The van der Waals surface area contributed by atoms with E-state index in [1.807, 2.05) is 24.3 Å². The smallest absolute Gasteiger partial charge is 0.262 e. The lowest BCUT2D eigenvalue weighted by Crippen LogP contribution is -2.30. The summed E-state index contributed by atoms with van der Waals surface area (Å²) in [6.07, 6.45) is 7.19. The zero-order valence-corrected chi connectivity index (χ0v) is 16.8. The third kappa shape index (κ3) is 3.86. The number of thiophene rings is 1. The minimum Gasteiger partial charge on any atom is -0.289 e. The summed E-state index contributed by atoms with van der Waals surface area (Å²) >= 11 is 4.99. The summed E-state index contributed by atoms with van der Waals surface area (Å²) in [4.78, 5) is 31.4. The van der Waals surface area contributed by atoms with E-state index in [1.54, 1.807) is 17.6 Å². The number of nitrogens with zero attached hydrogens (tertiary/aromatic N) is 3. The topological polar surface area (TPSA) is 76.3 Å². The number of halogens is 1. The maximum Gasteiger partial charge on any atom is 0.262 e.